The highest BCUT2D eigenvalue weighted by Gasteiger charge is 2.56. The Morgan fingerprint density at radius 3 is 2.30 bits per heavy atom. The first-order valence-electron chi connectivity index (χ1n) is 21.2. The molecular weight excluding hydrogens is 813 g/mol. The predicted octanol–water partition coefficient (Wildman–Crippen LogP) is 6.87. The van der Waals surface area contributed by atoms with Crippen molar-refractivity contribution in [1.82, 2.24) is 20.5 Å². The number of H-pyrrole nitrogens is 1. The minimum atomic E-state index is -2.01. The Morgan fingerprint density at radius 2 is 1.54 bits per heavy atom. The van der Waals surface area contributed by atoms with Crippen molar-refractivity contribution in [3.8, 4) is 16.2 Å². The van der Waals surface area contributed by atoms with E-state index in [1.165, 1.54) is 29.0 Å². The number of aliphatic hydroxyl groups is 2. The van der Waals surface area contributed by atoms with Crippen LogP contribution in [0.5, 0.6) is 5.75 Å². The van der Waals surface area contributed by atoms with E-state index in [-0.39, 0.29) is 35.9 Å². The largest absolute Gasteiger partial charge is 0.506 e. The maximum Gasteiger partial charge on any atom is 0.347 e. The van der Waals surface area contributed by atoms with Crippen LogP contribution in [0.2, 0.25) is 0 Å². The molecule has 63 heavy (non-hydrogen) atoms. The number of phenols is 1. The monoisotopic (exact) mass is 860 g/mol. The summed E-state index contributed by atoms with van der Waals surface area (Å²) in [7, 11) is 0. The molecule has 7 aromatic rings. The number of nitrogens with zero attached hydrogens (tertiary/aromatic N) is 1. The zero-order chi connectivity index (χ0) is 43.5. The van der Waals surface area contributed by atoms with E-state index in [1.54, 1.807) is 54.6 Å². The molecule has 11 nitrogen and oxygen atoms in total. The van der Waals surface area contributed by atoms with Crippen LogP contribution in [-0.4, -0.2) is 63.3 Å². The molecule has 0 radical (unpaired) electrons. The number of hydrogen-bond donors (Lipinski definition) is 6. The average Bonchev–Trinajstić information content (AvgIpc) is 3.58. The van der Waals surface area contributed by atoms with Crippen LogP contribution in [0.1, 0.15) is 49.2 Å². The number of thiophene rings is 1. The number of aromatic amines is 1. The molecule has 5 aromatic carbocycles. The molecule has 320 valence electrons. The lowest BCUT2D eigenvalue weighted by Gasteiger charge is -2.28. The van der Waals surface area contributed by atoms with Gasteiger partial charge in [-0.05, 0) is 82.1 Å². The van der Waals surface area contributed by atoms with Crippen LogP contribution in [0, 0.1) is 17.8 Å². The third kappa shape index (κ3) is 9.08. The lowest BCUT2D eigenvalue weighted by molar-refractivity contribution is -0.163. The topological polar surface area (TPSA) is 164 Å². The second-order valence-electron chi connectivity index (χ2n) is 16.5. The quantitative estimate of drug-likeness (QED) is 0.0570. The highest BCUT2D eigenvalue weighted by atomic mass is 32.1. The average molecular weight is 861 g/mol. The Kier molecular flexibility index (Phi) is 12.1. The number of likely N-dealkylation sites (tertiary alicyclic amines) is 1. The van der Waals surface area contributed by atoms with Crippen LogP contribution < -0.4 is 16.2 Å². The summed E-state index contributed by atoms with van der Waals surface area (Å²) in [5, 5.41) is 40.1. The van der Waals surface area contributed by atoms with Gasteiger partial charge < -0.3 is 35.7 Å². The number of nitrogens with one attached hydrogen (secondary N) is 3. The first-order valence-corrected chi connectivity index (χ1v) is 22.0. The first-order chi connectivity index (χ1) is 30.6. The maximum atomic E-state index is 14.0. The van der Waals surface area contributed by atoms with Crippen molar-refractivity contribution in [2.45, 2.75) is 31.3 Å². The third-order valence-electron chi connectivity index (χ3n) is 12.4. The second-order valence-corrected chi connectivity index (χ2v) is 17.7. The summed E-state index contributed by atoms with van der Waals surface area (Å²) in [4.78, 5) is 45.8. The number of piperidine rings is 1. The van der Waals surface area contributed by atoms with Gasteiger partial charge in [0.15, 0.2) is 0 Å². The van der Waals surface area contributed by atoms with Crippen LogP contribution in [0.3, 0.4) is 0 Å². The zero-order valence-electron chi connectivity index (χ0n) is 34.4. The van der Waals surface area contributed by atoms with Gasteiger partial charge >= 0.3 is 5.97 Å². The van der Waals surface area contributed by atoms with E-state index in [9.17, 15) is 29.7 Å². The van der Waals surface area contributed by atoms with Crippen LogP contribution in [0.25, 0.3) is 21.3 Å². The molecule has 6 N–H and O–H groups in total. The molecular formula is C51H48N4O7S. The molecule has 1 aliphatic carbocycles. The Morgan fingerprint density at radius 1 is 0.810 bits per heavy atom. The van der Waals surface area contributed by atoms with Gasteiger partial charge in [0.2, 0.25) is 11.2 Å². The number of aromatic hydroxyl groups is 1. The molecule has 9 rings (SSSR count). The smallest absolute Gasteiger partial charge is 0.347 e. The fourth-order valence-corrected chi connectivity index (χ4v) is 9.84. The number of aromatic nitrogens is 1. The minimum Gasteiger partial charge on any atom is -0.506 e. The number of amides is 1. The summed E-state index contributed by atoms with van der Waals surface area (Å²) in [5.74, 6) is 0.310. The highest BCUT2D eigenvalue weighted by Crippen LogP contribution is 2.52. The number of fused-ring (bicyclic) bond motifs is 2. The first kappa shape index (κ1) is 41.9. The SMILES string of the molecule is O=C(NCc1ccc(-c2cccc([C@](O)(C(=O)OCC3[C@H]4CN(Cc5ccccc5)C[C@@H]34)c3ccccc3)c2)s1)c1ccc(CNC[C@H](O)c2ccc(O)c3[nH]c(=O)ccc23)cc1. The fraction of sp³-hybridized carbons (Fsp3) is 0.235. The van der Waals surface area contributed by atoms with Gasteiger partial charge in [-0.2, -0.15) is 0 Å². The number of aliphatic hydroxyl groups excluding tert-OH is 1. The summed E-state index contributed by atoms with van der Waals surface area (Å²) in [5.41, 5.74) is 2.94. The van der Waals surface area contributed by atoms with Crippen molar-refractivity contribution in [2.24, 2.45) is 17.8 Å². The van der Waals surface area contributed by atoms with E-state index >= 15 is 0 Å². The molecule has 3 heterocycles. The fourth-order valence-electron chi connectivity index (χ4n) is 8.89. The van der Waals surface area contributed by atoms with Gasteiger partial charge in [-0.15, -0.1) is 11.3 Å². The summed E-state index contributed by atoms with van der Waals surface area (Å²) in [6.45, 7) is 4.16. The number of hydrogen-bond acceptors (Lipinski definition) is 10. The summed E-state index contributed by atoms with van der Waals surface area (Å²) in [6.07, 6.45) is -0.887. The number of ether oxygens (including phenoxy) is 1. The molecule has 1 aliphatic heterocycles. The van der Waals surface area contributed by atoms with Gasteiger partial charge in [0.05, 0.1) is 24.8 Å². The van der Waals surface area contributed by atoms with E-state index in [4.69, 9.17) is 4.74 Å². The Labute approximate surface area is 368 Å². The number of esters is 1. The van der Waals surface area contributed by atoms with Gasteiger partial charge in [0, 0.05) is 71.0 Å². The van der Waals surface area contributed by atoms with Crippen LogP contribution >= 0.6 is 11.3 Å². The van der Waals surface area contributed by atoms with Crippen molar-refractivity contribution in [3.63, 3.8) is 0 Å². The molecule has 2 aromatic heterocycles. The van der Waals surface area contributed by atoms with Gasteiger partial charge in [-0.1, -0.05) is 97.1 Å². The Bertz CT molecular complexity index is 2780. The van der Waals surface area contributed by atoms with E-state index in [2.05, 4.69) is 44.8 Å². The molecule has 0 spiro atoms. The summed E-state index contributed by atoms with van der Waals surface area (Å²) >= 11 is 1.52. The number of rotatable bonds is 16. The number of pyridine rings is 1. The number of carbonyl (C=O) groups is 2. The lowest BCUT2D eigenvalue weighted by atomic mass is 9.85. The summed E-state index contributed by atoms with van der Waals surface area (Å²) < 4.78 is 5.96. The minimum absolute atomic E-state index is 0.0649. The molecule has 0 bridgehead atoms. The van der Waals surface area contributed by atoms with Crippen molar-refractivity contribution in [2.75, 3.05) is 26.2 Å². The van der Waals surface area contributed by atoms with Gasteiger partial charge in [-0.25, -0.2) is 4.79 Å². The van der Waals surface area contributed by atoms with Crippen LogP contribution in [0.4, 0.5) is 0 Å². The molecule has 1 amide bonds. The number of benzene rings is 5. The van der Waals surface area contributed by atoms with Crippen LogP contribution in [0.15, 0.2) is 150 Å². The number of phenolic OH excluding ortho intramolecular Hbond substituents is 1. The Balaban J connectivity index is 0.785. The standard InChI is InChI=1S/C51H48N4O7S/c56-44-21-19-39(40-20-23-47(58)54-48(40)44)45(57)27-52-25-32-14-16-34(17-15-32)49(59)53-26-38-18-22-46(63-38)35-10-7-13-37(24-35)51(61,36-11-5-2-6-12-36)50(60)62-31-43-41-29-55(30-42(41)43)28-33-8-3-1-4-9-33/h1-24,41-43,45,52,56-57,61H,25-31H2,(H,53,59)(H,54,58)/t41-,42+,43?,45-,51-/m0/s1. The van der Waals surface area contributed by atoms with Crippen molar-refractivity contribution in [1.29, 1.82) is 0 Å². The Hall–Kier alpha value is -6.41. The van der Waals surface area contributed by atoms with E-state index in [1.807, 2.05) is 54.6 Å². The van der Waals surface area contributed by atoms with Crippen LogP contribution in [-0.2, 0) is 34.8 Å². The highest BCUT2D eigenvalue weighted by molar-refractivity contribution is 7.15. The molecule has 5 atom stereocenters. The molecule has 1 saturated carbocycles. The molecule has 2 aliphatic rings. The third-order valence-corrected chi connectivity index (χ3v) is 13.5. The van der Waals surface area contributed by atoms with Crippen molar-refractivity contribution < 1.29 is 29.6 Å². The zero-order valence-corrected chi connectivity index (χ0v) is 35.3. The van der Waals surface area contributed by atoms with E-state index < -0.39 is 17.7 Å². The van der Waals surface area contributed by atoms with Gasteiger partial charge in [0.1, 0.15) is 5.75 Å². The molecule has 12 heteroatoms. The van der Waals surface area contributed by atoms with E-state index in [0.29, 0.717) is 58.5 Å². The molecule has 2 fully saturated rings. The van der Waals surface area contributed by atoms with Crippen molar-refractivity contribution in [3.05, 3.63) is 194 Å². The summed E-state index contributed by atoms with van der Waals surface area (Å²) in [6, 6.07) is 44.0. The molecule has 1 saturated heterocycles. The van der Waals surface area contributed by atoms with Crippen molar-refractivity contribution >= 4 is 34.1 Å². The maximum absolute atomic E-state index is 14.0. The number of carbonyl (C=O) groups excluding carboxylic acids is 2. The lowest BCUT2D eigenvalue weighted by Crippen LogP contribution is -2.39. The van der Waals surface area contributed by atoms with E-state index in [0.717, 1.165) is 40.5 Å². The normalized spacial score (nSPS) is 18.3. The molecule has 1 unspecified atom stereocenters. The second kappa shape index (κ2) is 18.1. The predicted molar refractivity (Wildman–Crippen MR) is 243 cm³/mol. The van der Waals surface area contributed by atoms with Gasteiger partial charge in [0.25, 0.3) is 5.91 Å². The van der Waals surface area contributed by atoms with Gasteiger partial charge in [-0.3, -0.25) is 14.5 Å².